The number of hydrogen-bond donors (Lipinski definition) is 2. The Morgan fingerprint density at radius 1 is 1.62 bits per heavy atom. The van der Waals surface area contributed by atoms with Gasteiger partial charge in [-0.3, -0.25) is 0 Å². The van der Waals surface area contributed by atoms with E-state index in [1.54, 1.807) is 0 Å². The number of ether oxygens (including phenoxy) is 1. The lowest BCUT2D eigenvalue weighted by Crippen LogP contribution is -2.34. The van der Waals surface area contributed by atoms with Crippen molar-refractivity contribution in [3.8, 4) is 0 Å². The molecule has 1 aliphatic heterocycles. The third-order valence-corrected chi connectivity index (χ3v) is 2.57. The first-order valence-corrected chi connectivity index (χ1v) is 5.38. The van der Waals surface area contributed by atoms with E-state index in [2.05, 4.69) is 12.2 Å². The fourth-order valence-corrected chi connectivity index (χ4v) is 1.63. The second kappa shape index (κ2) is 6.35. The molecular formula is C10H22N2O. The van der Waals surface area contributed by atoms with Crippen molar-refractivity contribution in [3.63, 3.8) is 0 Å². The molecule has 1 saturated heterocycles. The Balaban J connectivity index is 1.88. The maximum atomic E-state index is 5.53. The van der Waals surface area contributed by atoms with Gasteiger partial charge in [0.1, 0.15) is 0 Å². The first-order valence-electron chi connectivity index (χ1n) is 5.38. The van der Waals surface area contributed by atoms with Gasteiger partial charge in [0.15, 0.2) is 0 Å². The summed E-state index contributed by atoms with van der Waals surface area (Å²) in [5.74, 6) is 0. The first kappa shape index (κ1) is 11.0. The maximum Gasteiger partial charge on any atom is 0.0576 e. The van der Waals surface area contributed by atoms with Crippen LogP contribution in [0, 0.1) is 0 Å². The van der Waals surface area contributed by atoms with E-state index in [4.69, 9.17) is 10.5 Å². The molecule has 3 N–H and O–H groups in total. The van der Waals surface area contributed by atoms with Gasteiger partial charge < -0.3 is 15.8 Å². The minimum absolute atomic E-state index is 0.449. The molecule has 78 valence electrons. The molecule has 1 fully saturated rings. The minimum atomic E-state index is 0.449. The molecule has 3 heteroatoms. The summed E-state index contributed by atoms with van der Waals surface area (Å²) in [7, 11) is 0. The summed E-state index contributed by atoms with van der Waals surface area (Å²) in [6.07, 6.45) is 5.44. The van der Waals surface area contributed by atoms with Crippen molar-refractivity contribution in [3.05, 3.63) is 0 Å². The van der Waals surface area contributed by atoms with E-state index >= 15 is 0 Å². The van der Waals surface area contributed by atoms with Gasteiger partial charge in [0.2, 0.25) is 0 Å². The van der Waals surface area contributed by atoms with Crippen molar-refractivity contribution in [2.75, 3.05) is 19.7 Å². The quantitative estimate of drug-likeness (QED) is 0.605. The van der Waals surface area contributed by atoms with Crippen LogP contribution in [0.25, 0.3) is 0 Å². The van der Waals surface area contributed by atoms with Gasteiger partial charge in [-0.05, 0) is 39.2 Å². The summed E-state index contributed by atoms with van der Waals surface area (Å²) in [6, 6.07) is 0.449. The zero-order chi connectivity index (χ0) is 9.52. The maximum absolute atomic E-state index is 5.53. The molecule has 0 spiro atoms. The van der Waals surface area contributed by atoms with E-state index in [9.17, 15) is 0 Å². The number of rotatable bonds is 6. The van der Waals surface area contributed by atoms with Crippen molar-refractivity contribution in [2.45, 2.75) is 44.8 Å². The van der Waals surface area contributed by atoms with Crippen molar-refractivity contribution in [2.24, 2.45) is 5.73 Å². The van der Waals surface area contributed by atoms with E-state index in [-0.39, 0.29) is 0 Å². The third kappa shape index (κ3) is 4.60. The largest absolute Gasteiger partial charge is 0.378 e. The van der Waals surface area contributed by atoms with Gasteiger partial charge >= 0.3 is 0 Å². The Hall–Kier alpha value is -0.120. The summed E-state index contributed by atoms with van der Waals surface area (Å²) < 4.78 is 5.53. The van der Waals surface area contributed by atoms with Gasteiger partial charge in [0.25, 0.3) is 0 Å². The van der Waals surface area contributed by atoms with E-state index in [1.807, 2.05) is 0 Å². The highest BCUT2D eigenvalue weighted by molar-refractivity contribution is 4.66. The van der Waals surface area contributed by atoms with Gasteiger partial charge in [-0.15, -0.1) is 0 Å². The van der Waals surface area contributed by atoms with Crippen LogP contribution in [0.1, 0.15) is 32.6 Å². The normalized spacial score (nSPS) is 24.9. The summed E-state index contributed by atoms with van der Waals surface area (Å²) in [5, 5.41) is 3.38. The highest BCUT2D eigenvalue weighted by Gasteiger charge is 2.14. The molecule has 0 aliphatic carbocycles. The SMILES string of the molecule is C[C@H](CN)NCCCC1CCCO1. The van der Waals surface area contributed by atoms with Crippen LogP contribution in [-0.4, -0.2) is 31.8 Å². The molecular weight excluding hydrogens is 164 g/mol. The van der Waals surface area contributed by atoms with Crippen LogP contribution in [0.3, 0.4) is 0 Å². The van der Waals surface area contributed by atoms with Crippen LogP contribution in [0.2, 0.25) is 0 Å². The molecule has 0 amide bonds. The topological polar surface area (TPSA) is 47.3 Å². The van der Waals surface area contributed by atoms with Crippen LogP contribution < -0.4 is 11.1 Å². The summed E-state index contributed by atoms with van der Waals surface area (Å²) in [5.41, 5.74) is 5.49. The smallest absolute Gasteiger partial charge is 0.0576 e. The first-order chi connectivity index (χ1) is 6.33. The van der Waals surface area contributed by atoms with E-state index < -0.39 is 0 Å². The summed E-state index contributed by atoms with van der Waals surface area (Å²) in [6.45, 7) is 4.88. The molecule has 0 aromatic heterocycles. The van der Waals surface area contributed by atoms with Crippen LogP contribution in [0.15, 0.2) is 0 Å². The lowest BCUT2D eigenvalue weighted by atomic mass is 10.1. The van der Waals surface area contributed by atoms with Crippen molar-refractivity contribution in [1.29, 1.82) is 0 Å². The second-order valence-electron chi connectivity index (χ2n) is 3.87. The summed E-state index contributed by atoms with van der Waals surface area (Å²) in [4.78, 5) is 0. The Labute approximate surface area is 81.0 Å². The van der Waals surface area contributed by atoms with Gasteiger partial charge in [0.05, 0.1) is 6.10 Å². The fourth-order valence-electron chi connectivity index (χ4n) is 1.63. The number of nitrogens with one attached hydrogen (secondary N) is 1. The molecule has 0 aromatic rings. The zero-order valence-electron chi connectivity index (χ0n) is 8.59. The van der Waals surface area contributed by atoms with Gasteiger partial charge in [0, 0.05) is 19.2 Å². The molecule has 0 aromatic carbocycles. The van der Waals surface area contributed by atoms with Crippen LogP contribution >= 0.6 is 0 Å². The Bertz CT molecular complexity index is 124. The Morgan fingerprint density at radius 2 is 2.46 bits per heavy atom. The van der Waals surface area contributed by atoms with Gasteiger partial charge in [-0.2, -0.15) is 0 Å². The highest BCUT2D eigenvalue weighted by Crippen LogP contribution is 2.16. The van der Waals surface area contributed by atoms with E-state index in [0.717, 1.165) is 19.7 Å². The van der Waals surface area contributed by atoms with Crippen LogP contribution in [-0.2, 0) is 4.74 Å². The fraction of sp³-hybridized carbons (Fsp3) is 1.00. The lowest BCUT2D eigenvalue weighted by Gasteiger charge is -2.12. The molecule has 1 heterocycles. The average molecular weight is 186 g/mol. The molecule has 1 aliphatic rings. The molecule has 0 saturated carbocycles. The van der Waals surface area contributed by atoms with Gasteiger partial charge in [-0.25, -0.2) is 0 Å². The molecule has 1 unspecified atom stereocenters. The standard InChI is InChI=1S/C10H22N2O/c1-9(8-11)12-6-2-4-10-5-3-7-13-10/h9-10,12H,2-8,11H2,1H3/t9-,10?/m1/s1. The molecule has 13 heavy (non-hydrogen) atoms. The number of nitrogens with two attached hydrogens (primary N) is 1. The van der Waals surface area contributed by atoms with E-state index in [0.29, 0.717) is 12.1 Å². The van der Waals surface area contributed by atoms with Crippen LogP contribution in [0.4, 0.5) is 0 Å². The lowest BCUT2D eigenvalue weighted by molar-refractivity contribution is 0.102. The number of hydrogen-bond acceptors (Lipinski definition) is 3. The third-order valence-electron chi connectivity index (χ3n) is 2.57. The molecule has 2 atom stereocenters. The molecule has 0 radical (unpaired) electrons. The minimum Gasteiger partial charge on any atom is -0.378 e. The van der Waals surface area contributed by atoms with Crippen molar-refractivity contribution in [1.82, 2.24) is 5.32 Å². The highest BCUT2D eigenvalue weighted by atomic mass is 16.5. The molecule has 0 bridgehead atoms. The Morgan fingerprint density at radius 3 is 3.08 bits per heavy atom. The van der Waals surface area contributed by atoms with Crippen molar-refractivity contribution >= 4 is 0 Å². The zero-order valence-corrected chi connectivity index (χ0v) is 8.59. The Kier molecular flexibility index (Phi) is 5.35. The summed E-state index contributed by atoms with van der Waals surface area (Å²) >= 11 is 0. The second-order valence-corrected chi connectivity index (χ2v) is 3.87. The predicted octanol–water partition coefficient (Wildman–Crippen LogP) is 0.882. The van der Waals surface area contributed by atoms with Crippen molar-refractivity contribution < 1.29 is 4.74 Å². The molecule has 3 nitrogen and oxygen atoms in total. The predicted molar refractivity (Wildman–Crippen MR) is 54.7 cm³/mol. The van der Waals surface area contributed by atoms with E-state index in [1.165, 1.54) is 25.7 Å². The van der Waals surface area contributed by atoms with Gasteiger partial charge in [-0.1, -0.05) is 0 Å². The van der Waals surface area contributed by atoms with Crippen LogP contribution in [0.5, 0.6) is 0 Å². The average Bonchev–Trinajstić information content (AvgIpc) is 2.64. The monoisotopic (exact) mass is 186 g/mol. The molecule has 1 rings (SSSR count).